The summed E-state index contributed by atoms with van der Waals surface area (Å²) < 4.78 is 1.88. The molecule has 20 heavy (non-hydrogen) atoms. The fourth-order valence-corrected chi connectivity index (χ4v) is 2.42. The van der Waals surface area contributed by atoms with Crippen LogP contribution in [0, 0.1) is 0 Å². The molecule has 0 saturated heterocycles. The van der Waals surface area contributed by atoms with Gasteiger partial charge in [-0.1, -0.05) is 18.5 Å². The average molecular weight is 299 g/mol. The van der Waals surface area contributed by atoms with Gasteiger partial charge in [0.05, 0.1) is 5.02 Å². The van der Waals surface area contributed by atoms with Gasteiger partial charge in [0, 0.05) is 18.3 Å². The Bertz CT molecular complexity index is 522. The van der Waals surface area contributed by atoms with Gasteiger partial charge in [0.1, 0.15) is 12.2 Å². The lowest BCUT2D eigenvalue weighted by Crippen LogP contribution is -2.42. The van der Waals surface area contributed by atoms with Crippen LogP contribution in [0.1, 0.15) is 49.6 Å². The molecule has 0 aliphatic heterocycles. The van der Waals surface area contributed by atoms with Crippen LogP contribution in [-0.4, -0.2) is 39.0 Å². The number of carboxylic acid groups (broad SMARTS) is 1. The Balaban J connectivity index is 2.28. The molecule has 6 heteroatoms. The Labute approximate surface area is 123 Å². The maximum Gasteiger partial charge on any atom is 0.323 e. The second-order valence-electron chi connectivity index (χ2n) is 5.27. The number of aromatic nitrogens is 1. The minimum Gasteiger partial charge on any atom is -0.480 e. The molecule has 5 nitrogen and oxygen atoms in total. The number of aliphatic carboxylic acids is 1. The highest BCUT2D eigenvalue weighted by atomic mass is 35.5. The summed E-state index contributed by atoms with van der Waals surface area (Å²) in [6, 6.07) is 1.82. The lowest BCUT2D eigenvalue weighted by molar-refractivity contribution is -0.138. The van der Waals surface area contributed by atoms with E-state index < -0.39 is 5.97 Å². The fraction of sp³-hybridized carbons (Fsp3) is 0.571. The fourth-order valence-electron chi connectivity index (χ4n) is 2.21. The first-order valence-electron chi connectivity index (χ1n) is 6.84. The molecule has 1 aromatic rings. The average Bonchev–Trinajstić information content (AvgIpc) is 3.17. The second-order valence-corrected chi connectivity index (χ2v) is 5.70. The SMILES string of the molecule is CCC(C)N(CC(=O)O)C(=O)c1cc(Cl)cn1C1CC1. The van der Waals surface area contributed by atoms with E-state index in [0.29, 0.717) is 23.2 Å². The molecule has 1 saturated carbocycles. The molecule has 1 aliphatic carbocycles. The van der Waals surface area contributed by atoms with Crippen LogP contribution in [0.15, 0.2) is 12.3 Å². The monoisotopic (exact) mass is 298 g/mol. The van der Waals surface area contributed by atoms with Crippen molar-refractivity contribution in [3.8, 4) is 0 Å². The predicted molar refractivity (Wildman–Crippen MR) is 76.1 cm³/mol. The zero-order valence-electron chi connectivity index (χ0n) is 11.7. The van der Waals surface area contributed by atoms with Gasteiger partial charge in [0.15, 0.2) is 0 Å². The minimum atomic E-state index is -1.01. The van der Waals surface area contributed by atoms with E-state index in [9.17, 15) is 9.59 Å². The highest BCUT2D eigenvalue weighted by molar-refractivity contribution is 6.31. The van der Waals surface area contributed by atoms with Crippen LogP contribution < -0.4 is 0 Å². The van der Waals surface area contributed by atoms with Gasteiger partial charge in [0.2, 0.25) is 0 Å². The van der Waals surface area contributed by atoms with Gasteiger partial charge >= 0.3 is 5.97 Å². The van der Waals surface area contributed by atoms with E-state index in [-0.39, 0.29) is 18.5 Å². The zero-order chi connectivity index (χ0) is 14.9. The van der Waals surface area contributed by atoms with Crippen LogP contribution in [0.2, 0.25) is 5.02 Å². The molecule has 1 unspecified atom stereocenters. The van der Waals surface area contributed by atoms with E-state index in [4.69, 9.17) is 16.7 Å². The molecule has 1 amide bonds. The Hall–Kier alpha value is -1.49. The van der Waals surface area contributed by atoms with Crippen molar-refractivity contribution in [2.45, 2.75) is 45.2 Å². The first kappa shape index (κ1) is 14.9. The number of hydrogen-bond donors (Lipinski definition) is 1. The molecule has 1 aromatic heterocycles. The number of hydrogen-bond acceptors (Lipinski definition) is 2. The number of amides is 1. The van der Waals surface area contributed by atoms with Gasteiger partial charge < -0.3 is 14.6 Å². The largest absolute Gasteiger partial charge is 0.480 e. The molecule has 2 rings (SSSR count). The summed E-state index contributed by atoms with van der Waals surface area (Å²) in [6.07, 6.45) is 4.53. The highest BCUT2D eigenvalue weighted by Crippen LogP contribution is 2.37. The van der Waals surface area contributed by atoms with Gasteiger partial charge in [-0.2, -0.15) is 0 Å². The van der Waals surface area contributed by atoms with E-state index in [1.807, 2.05) is 18.4 Å². The molecule has 1 aliphatic rings. The Morgan fingerprint density at radius 1 is 1.55 bits per heavy atom. The quantitative estimate of drug-likeness (QED) is 0.878. The summed E-state index contributed by atoms with van der Waals surface area (Å²) in [6.45, 7) is 3.49. The van der Waals surface area contributed by atoms with Crippen LogP contribution in [0.5, 0.6) is 0 Å². The van der Waals surface area contributed by atoms with E-state index in [1.165, 1.54) is 4.90 Å². The van der Waals surface area contributed by atoms with Crippen molar-refractivity contribution >= 4 is 23.5 Å². The van der Waals surface area contributed by atoms with Crippen LogP contribution in [0.3, 0.4) is 0 Å². The van der Waals surface area contributed by atoms with E-state index in [0.717, 1.165) is 12.8 Å². The van der Waals surface area contributed by atoms with Crippen molar-refractivity contribution in [1.82, 2.24) is 9.47 Å². The number of carbonyl (C=O) groups is 2. The topological polar surface area (TPSA) is 62.5 Å². The second kappa shape index (κ2) is 5.87. The molecule has 1 heterocycles. The maximum atomic E-state index is 12.6. The third-order valence-corrected chi connectivity index (χ3v) is 3.87. The van der Waals surface area contributed by atoms with E-state index >= 15 is 0 Å². The summed E-state index contributed by atoms with van der Waals surface area (Å²) in [5.74, 6) is -1.27. The van der Waals surface area contributed by atoms with Crippen LogP contribution >= 0.6 is 11.6 Å². The van der Waals surface area contributed by atoms with E-state index in [2.05, 4.69) is 0 Å². The van der Waals surface area contributed by atoms with Gasteiger partial charge in [-0.25, -0.2) is 0 Å². The number of rotatable bonds is 6. The molecule has 110 valence electrons. The molecule has 1 fully saturated rings. The first-order valence-corrected chi connectivity index (χ1v) is 7.22. The Kier molecular flexibility index (Phi) is 4.38. The molecule has 0 aromatic carbocycles. The maximum absolute atomic E-state index is 12.6. The molecular formula is C14H19ClN2O3. The predicted octanol–water partition coefficient (Wildman–Crippen LogP) is 2.80. The molecular weight excluding hydrogens is 280 g/mol. The van der Waals surface area contributed by atoms with Gasteiger partial charge in [-0.05, 0) is 32.3 Å². The van der Waals surface area contributed by atoms with Crippen molar-refractivity contribution in [3.05, 3.63) is 23.0 Å². The van der Waals surface area contributed by atoms with E-state index in [1.54, 1.807) is 12.3 Å². The molecule has 0 spiro atoms. The van der Waals surface area contributed by atoms with Crippen molar-refractivity contribution in [2.75, 3.05) is 6.54 Å². The zero-order valence-corrected chi connectivity index (χ0v) is 12.4. The van der Waals surface area contributed by atoms with Crippen molar-refractivity contribution in [1.29, 1.82) is 0 Å². The molecule has 1 N–H and O–H groups in total. The molecule has 1 atom stereocenters. The summed E-state index contributed by atoms with van der Waals surface area (Å²) >= 11 is 6.00. The first-order chi connectivity index (χ1) is 9.43. The summed E-state index contributed by atoms with van der Waals surface area (Å²) in [5.41, 5.74) is 0.485. The third kappa shape index (κ3) is 3.15. The Morgan fingerprint density at radius 3 is 2.70 bits per heavy atom. The summed E-state index contributed by atoms with van der Waals surface area (Å²) in [7, 11) is 0. The van der Waals surface area contributed by atoms with Gasteiger partial charge in [0.25, 0.3) is 5.91 Å². The molecule has 0 radical (unpaired) electrons. The molecule has 0 bridgehead atoms. The third-order valence-electron chi connectivity index (χ3n) is 3.66. The Morgan fingerprint density at radius 2 is 2.20 bits per heavy atom. The van der Waals surface area contributed by atoms with Crippen molar-refractivity contribution in [3.63, 3.8) is 0 Å². The summed E-state index contributed by atoms with van der Waals surface area (Å²) in [4.78, 5) is 25.0. The number of carbonyl (C=O) groups excluding carboxylic acids is 1. The van der Waals surface area contributed by atoms with Crippen LogP contribution in [0.25, 0.3) is 0 Å². The van der Waals surface area contributed by atoms with Gasteiger partial charge in [-0.3, -0.25) is 9.59 Å². The van der Waals surface area contributed by atoms with Gasteiger partial charge in [-0.15, -0.1) is 0 Å². The number of nitrogens with zero attached hydrogens (tertiary/aromatic N) is 2. The van der Waals surface area contributed by atoms with Crippen molar-refractivity contribution in [2.24, 2.45) is 0 Å². The van der Waals surface area contributed by atoms with Crippen molar-refractivity contribution < 1.29 is 14.7 Å². The summed E-state index contributed by atoms with van der Waals surface area (Å²) in [5, 5.41) is 9.51. The lowest BCUT2D eigenvalue weighted by Gasteiger charge is -2.27. The van der Waals surface area contributed by atoms with Crippen LogP contribution in [-0.2, 0) is 4.79 Å². The standard InChI is InChI=1S/C14H19ClN2O3/c1-3-9(2)16(8-13(18)19)14(20)12-6-10(15)7-17(12)11-4-5-11/h6-7,9,11H,3-5,8H2,1-2H3,(H,18,19). The smallest absolute Gasteiger partial charge is 0.323 e. The normalized spacial score (nSPS) is 15.9. The lowest BCUT2D eigenvalue weighted by atomic mass is 10.2. The minimum absolute atomic E-state index is 0.125. The number of halogens is 1. The number of carboxylic acids is 1. The van der Waals surface area contributed by atoms with Crippen LogP contribution in [0.4, 0.5) is 0 Å². The highest BCUT2D eigenvalue weighted by Gasteiger charge is 2.31.